The van der Waals surface area contributed by atoms with Crippen LogP contribution in [-0.2, 0) is 19.4 Å². The van der Waals surface area contributed by atoms with E-state index in [-0.39, 0.29) is 10.6 Å². The molecule has 2 rings (SSSR count). The largest absolute Gasteiger partial charge is 0.465 e. The summed E-state index contributed by atoms with van der Waals surface area (Å²) in [6.07, 6.45) is 0.885. The molecule has 25 heavy (non-hydrogen) atoms. The van der Waals surface area contributed by atoms with Crippen LogP contribution in [0, 0.1) is 18.6 Å². The van der Waals surface area contributed by atoms with Crippen molar-refractivity contribution in [1.29, 1.82) is 0 Å². The molecule has 0 aliphatic heterocycles. The quantitative estimate of drug-likeness (QED) is 0.649. The molecule has 0 unspecified atom stereocenters. The van der Waals surface area contributed by atoms with E-state index in [1.54, 1.807) is 19.1 Å². The van der Waals surface area contributed by atoms with E-state index >= 15 is 0 Å². The van der Waals surface area contributed by atoms with Crippen LogP contribution in [0.5, 0.6) is 0 Å². The molecule has 132 valence electrons. The Hall–Kier alpha value is -2.74. The fraction of sp³-hybridized carbons (Fsp3) is 0.118. The predicted molar refractivity (Wildman–Crippen MR) is 88.4 cm³/mol. The summed E-state index contributed by atoms with van der Waals surface area (Å²) >= 11 is 0. The van der Waals surface area contributed by atoms with Crippen LogP contribution in [0.1, 0.15) is 5.56 Å². The van der Waals surface area contributed by atoms with Gasteiger partial charge in [0.2, 0.25) is 9.84 Å². The number of rotatable bonds is 5. The molecule has 0 bridgehead atoms. The zero-order chi connectivity index (χ0) is 18.6. The highest BCUT2D eigenvalue weighted by Crippen LogP contribution is 2.22. The number of ether oxygens (including phenoxy) is 1. The summed E-state index contributed by atoms with van der Waals surface area (Å²) in [5.41, 5.74) is 0.763. The third-order valence-corrected chi connectivity index (χ3v) is 5.00. The summed E-state index contributed by atoms with van der Waals surface area (Å²) < 4.78 is 56.1. The maximum atomic E-state index is 13.2. The van der Waals surface area contributed by atoms with Crippen LogP contribution in [0.15, 0.2) is 58.5 Å². The Morgan fingerprint density at radius 2 is 1.84 bits per heavy atom. The molecular formula is C17H15F2NO4S. The van der Waals surface area contributed by atoms with Crippen molar-refractivity contribution in [2.45, 2.75) is 11.8 Å². The lowest BCUT2D eigenvalue weighted by Crippen LogP contribution is -2.17. The van der Waals surface area contributed by atoms with Crippen molar-refractivity contribution in [3.05, 3.63) is 70.8 Å². The molecule has 0 saturated carbocycles. The molecule has 0 aliphatic carbocycles. The van der Waals surface area contributed by atoms with Crippen molar-refractivity contribution in [2.75, 3.05) is 12.4 Å². The van der Waals surface area contributed by atoms with Crippen molar-refractivity contribution in [2.24, 2.45) is 0 Å². The van der Waals surface area contributed by atoms with Gasteiger partial charge in [-0.15, -0.1) is 0 Å². The molecule has 2 aromatic carbocycles. The monoisotopic (exact) mass is 367 g/mol. The van der Waals surface area contributed by atoms with E-state index < -0.39 is 32.3 Å². The number of benzene rings is 2. The Bertz CT molecular complexity index is 939. The number of methoxy groups -OCH3 is 1. The minimum absolute atomic E-state index is 0.0692. The van der Waals surface area contributed by atoms with E-state index in [9.17, 15) is 22.0 Å². The molecule has 1 N–H and O–H groups in total. The molecule has 5 nitrogen and oxygen atoms in total. The van der Waals surface area contributed by atoms with Gasteiger partial charge in [0.05, 0.1) is 12.0 Å². The molecule has 0 saturated heterocycles. The van der Waals surface area contributed by atoms with E-state index in [0.29, 0.717) is 5.56 Å². The Morgan fingerprint density at radius 1 is 1.12 bits per heavy atom. The summed E-state index contributed by atoms with van der Waals surface area (Å²) in [6.45, 7) is 1.71. The fourth-order valence-electron chi connectivity index (χ4n) is 1.99. The number of sulfone groups is 1. The zero-order valence-electron chi connectivity index (χ0n) is 13.4. The number of aryl methyl sites for hydroxylation is 1. The summed E-state index contributed by atoms with van der Waals surface area (Å²) in [5.74, 6) is -3.24. The third-order valence-electron chi connectivity index (χ3n) is 3.27. The molecule has 2 aromatic rings. The summed E-state index contributed by atoms with van der Waals surface area (Å²) in [7, 11) is -3.13. The van der Waals surface area contributed by atoms with Crippen molar-refractivity contribution in [3.8, 4) is 0 Å². The number of halogens is 2. The smallest absolute Gasteiger partial charge is 0.351 e. The molecule has 0 aliphatic rings. The minimum atomic E-state index is -4.17. The predicted octanol–water partition coefficient (Wildman–Crippen LogP) is 3.17. The first kappa shape index (κ1) is 18.6. The van der Waals surface area contributed by atoms with Crippen LogP contribution < -0.4 is 5.32 Å². The molecule has 0 aromatic heterocycles. The topological polar surface area (TPSA) is 72.5 Å². The van der Waals surface area contributed by atoms with Gasteiger partial charge < -0.3 is 10.1 Å². The molecule has 0 radical (unpaired) electrons. The van der Waals surface area contributed by atoms with Gasteiger partial charge in [0, 0.05) is 18.0 Å². The van der Waals surface area contributed by atoms with E-state index in [2.05, 4.69) is 10.1 Å². The number of nitrogens with one attached hydrogen (secondary N) is 1. The highest BCUT2D eigenvalue weighted by Gasteiger charge is 2.28. The second kappa shape index (κ2) is 7.43. The lowest BCUT2D eigenvalue weighted by molar-refractivity contribution is -0.135. The average molecular weight is 367 g/mol. The molecular weight excluding hydrogens is 352 g/mol. The number of hydrogen-bond acceptors (Lipinski definition) is 5. The highest BCUT2D eigenvalue weighted by atomic mass is 32.2. The lowest BCUT2D eigenvalue weighted by Gasteiger charge is -2.09. The van der Waals surface area contributed by atoms with Crippen LogP contribution in [0.25, 0.3) is 0 Å². The van der Waals surface area contributed by atoms with Crippen LogP contribution in [-0.4, -0.2) is 21.5 Å². The van der Waals surface area contributed by atoms with E-state index in [4.69, 9.17) is 0 Å². The Morgan fingerprint density at radius 3 is 2.44 bits per heavy atom. The van der Waals surface area contributed by atoms with Crippen LogP contribution >= 0.6 is 0 Å². The first-order chi connectivity index (χ1) is 11.8. The summed E-state index contributed by atoms with van der Waals surface area (Å²) in [4.78, 5) is 11.2. The van der Waals surface area contributed by atoms with E-state index in [1.165, 1.54) is 18.2 Å². The Balaban J connectivity index is 2.45. The molecule has 8 heteroatoms. The van der Waals surface area contributed by atoms with Gasteiger partial charge >= 0.3 is 5.97 Å². The Labute approximate surface area is 143 Å². The molecule has 0 fully saturated rings. The number of anilines is 1. The summed E-state index contributed by atoms with van der Waals surface area (Å²) in [5, 5.41) is 2.47. The number of carbonyl (C=O) groups is 1. The maximum absolute atomic E-state index is 13.2. The van der Waals surface area contributed by atoms with Crippen LogP contribution in [0.2, 0.25) is 0 Å². The van der Waals surface area contributed by atoms with Gasteiger partial charge in [0.25, 0.3) is 0 Å². The molecule has 0 atom stereocenters. The van der Waals surface area contributed by atoms with Gasteiger partial charge in [-0.05, 0) is 36.8 Å². The van der Waals surface area contributed by atoms with Crippen molar-refractivity contribution in [1.82, 2.24) is 0 Å². The number of carbonyl (C=O) groups excluding carboxylic acids is 1. The standard InChI is InChI=1S/C17H15F2NO4S/c1-11-4-3-5-13(8-11)25(22,23)16(17(21)24-2)10-20-12-6-7-14(18)15(19)9-12/h3-10,20H,1-2H3. The highest BCUT2D eigenvalue weighted by molar-refractivity contribution is 7.96. The second-order valence-corrected chi connectivity index (χ2v) is 7.01. The van der Waals surface area contributed by atoms with Gasteiger partial charge in [0.15, 0.2) is 16.5 Å². The average Bonchev–Trinajstić information content (AvgIpc) is 2.57. The maximum Gasteiger partial charge on any atom is 0.351 e. The molecule has 0 heterocycles. The third kappa shape index (κ3) is 4.21. The molecule has 0 spiro atoms. The minimum Gasteiger partial charge on any atom is -0.465 e. The van der Waals surface area contributed by atoms with Gasteiger partial charge in [0.1, 0.15) is 0 Å². The van der Waals surface area contributed by atoms with Crippen molar-refractivity contribution < 1.29 is 26.7 Å². The molecule has 0 amide bonds. The van der Waals surface area contributed by atoms with E-state index in [1.807, 2.05) is 0 Å². The van der Waals surface area contributed by atoms with Gasteiger partial charge in [-0.3, -0.25) is 0 Å². The lowest BCUT2D eigenvalue weighted by atomic mass is 10.2. The number of esters is 1. The van der Waals surface area contributed by atoms with Gasteiger partial charge in [-0.2, -0.15) is 0 Å². The van der Waals surface area contributed by atoms with Crippen molar-refractivity contribution in [3.63, 3.8) is 0 Å². The normalized spacial score (nSPS) is 11.9. The number of hydrogen-bond donors (Lipinski definition) is 1. The van der Waals surface area contributed by atoms with Gasteiger partial charge in [-0.25, -0.2) is 22.0 Å². The fourth-order valence-corrected chi connectivity index (χ4v) is 3.36. The second-order valence-electron chi connectivity index (χ2n) is 5.09. The first-order valence-electron chi connectivity index (χ1n) is 7.07. The SMILES string of the molecule is COC(=O)C(=CNc1ccc(F)c(F)c1)S(=O)(=O)c1cccc(C)c1. The Kier molecular flexibility index (Phi) is 5.53. The van der Waals surface area contributed by atoms with Crippen LogP contribution in [0.3, 0.4) is 0 Å². The zero-order valence-corrected chi connectivity index (χ0v) is 14.2. The summed E-state index contributed by atoms with van der Waals surface area (Å²) in [6, 6.07) is 8.90. The van der Waals surface area contributed by atoms with Gasteiger partial charge in [-0.1, -0.05) is 12.1 Å². The van der Waals surface area contributed by atoms with Crippen LogP contribution in [0.4, 0.5) is 14.5 Å². The van der Waals surface area contributed by atoms with Crippen molar-refractivity contribution >= 4 is 21.5 Å². The first-order valence-corrected chi connectivity index (χ1v) is 8.56. The van der Waals surface area contributed by atoms with E-state index in [0.717, 1.165) is 25.4 Å².